The van der Waals surface area contributed by atoms with Crippen LogP contribution in [0.4, 0.5) is 0 Å². The number of nitrogens with zero attached hydrogens (tertiary/aromatic N) is 3. The number of rotatable bonds is 6. The number of benzene rings is 1. The van der Waals surface area contributed by atoms with E-state index in [0.717, 1.165) is 5.56 Å². The Morgan fingerprint density at radius 3 is 2.62 bits per heavy atom. The Bertz CT molecular complexity index is 1000. The Labute approximate surface area is 155 Å². The second-order valence-electron chi connectivity index (χ2n) is 5.46. The van der Waals surface area contributed by atoms with E-state index in [4.69, 9.17) is 11.6 Å². The summed E-state index contributed by atoms with van der Waals surface area (Å²) >= 11 is 5.75. The SMILES string of the molecule is O=C(CS(=O)(=O)c1ccc(Cl)cc1)NCc1ccnc(-n2cccn2)c1. The summed E-state index contributed by atoms with van der Waals surface area (Å²) in [5, 5.41) is 7.13. The summed E-state index contributed by atoms with van der Waals surface area (Å²) in [6.45, 7) is 0.186. The average Bonchev–Trinajstić information content (AvgIpc) is 3.15. The molecule has 1 N–H and O–H groups in total. The number of carbonyl (C=O) groups is 1. The zero-order chi connectivity index (χ0) is 18.6. The molecule has 2 aromatic heterocycles. The van der Waals surface area contributed by atoms with Gasteiger partial charge in [-0.3, -0.25) is 4.79 Å². The first kappa shape index (κ1) is 18.1. The maximum Gasteiger partial charge on any atom is 0.235 e. The Hall–Kier alpha value is -2.71. The van der Waals surface area contributed by atoms with Gasteiger partial charge in [-0.25, -0.2) is 18.1 Å². The highest BCUT2D eigenvalue weighted by atomic mass is 35.5. The standard InChI is InChI=1S/C17H15ClN4O3S/c18-14-2-4-15(5-3-14)26(24,25)12-17(23)20-11-13-6-8-19-16(10-13)22-9-1-7-21-22/h1-10H,11-12H2,(H,20,23). The predicted octanol–water partition coefficient (Wildman–Crippen LogP) is 2.01. The van der Waals surface area contributed by atoms with Crippen LogP contribution in [0.1, 0.15) is 5.56 Å². The molecule has 3 aromatic rings. The molecule has 26 heavy (non-hydrogen) atoms. The molecule has 0 aliphatic carbocycles. The number of hydrogen-bond acceptors (Lipinski definition) is 5. The average molecular weight is 391 g/mol. The molecule has 1 amide bonds. The first-order chi connectivity index (χ1) is 12.4. The summed E-state index contributed by atoms with van der Waals surface area (Å²) < 4.78 is 26.1. The molecular weight excluding hydrogens is 376 g/mol. The van der Waals surface area contributed by atoms with Crippen molar-refractivity contribution in [2.45, 2.75) is 11.4 Å². The number of amides is 1. The monoisotopic (exact) mass is 390 g/mol. The van der Waals surface area contributed by atoms with Gasteiger partial charge in [0.2, 0.25) is 5.91 Å². The molecule has 0 aliphatic heterocycles. The second kappa shape index (κ2) is 7.67. The maximum absolute atomic E-state index is 12.2. The number of aromatic nitrogens is 3. The van der Waals surface area contributed by atoms with Gasteiger partial charge in [0.25, 0.3) is 0 Å². The van der Waals surface area contributed by atoms with Gasteiger partial charge in [-0.2, -0.15) is 5.10 Å². The van der Waals surface area contributed by atoms with Gasteiger partial charge >= 0.3 is 0 Å². The molecule has 0 spiro atoms. The third-order valence-corrected chi connectivity index (χ3v) is 5.42. The van der Waals surface area contributed by atoms with E-state index in [2.05, 4.69) is 15.4 Å². The molecule has 2 heterocycles. The van der Waals surface area contributed by atoms with Crippen LogP contribution in [0.25, 0.3) is 5.82 Å². The van der Waals surface area contributed by atoms with Crippen LogP contribution in [0, 0.1) is 0 Å². The molecule has 0 fully saturated rings. The summed E-state index contributed by atoms with van der Waals surface area (Å²) in [7, 11) is -3.72. The van der Waals surface area contributed by atoms with E-state index < -0.39 is 21.5 Å². The van der Waals surface area contributed by atoms with Gasteiger partial charge < -0.3 is 5.32 Å². The van der Waals surface area contributed by atoms with Gasteiger partial charge in [-0.15, -0.1) is 0 Å². The van der Waals surface area contributed by atoms with Crippen LogP contribution in [0.5, 0.6) is 0 Å². The maximum atomic E-state index is 12.2. The third-order valence-electron chi connectivity index (χ3n) is 3.53. The van der Waals surface area contributed by atoms with Gasteiger partial charge in [-0.05, 0) is 48.0 Å². The van der Waals surface area contributed by atoms with Crippen molar-refractivity contribution >= 4 is 27.3 Å². The molecule has 0 bridgehead atoms. The van der Waals surface area contributed by atoms with E-state index in [1.165, 1.54) is 24.3 Å². The van der Waals surface area contributed by atoms with Crippen molar-refractivity contribution in [2.24, 2.45) is 0 Å². The lowest BCUT2D eigenvalue weighted by Gasteiger charge is -2.08. The largest absolute Gasteiger partial charge is 0.351 e. The van der Waals surface area contributed by atoms with Crippen LogP contribution in [0.2, 0.25) is 5.02 Å². The highest BCUT2D eigenvalue weighted by Gasteiger charge is 2.19. The molecule has 3 rings (SSSR count). The Morgan fingerprint density at radius 2 is 1.92 bits per heavy atom. The van der Waals surface area contributed by atoms with Gasteiger partial charge in [0, 0.05) is 30.2 Å². The van der Waals surface area contributed by atoms with Crippen molar-refractivity contribution in [3.05, 3.63) is 71.6 Å². The first-order valence-corrected chi connectivity index (χ1v) is 9.67. The summed E-state index contributed by atoms with van der Waals surface area (Å²) in [5.74, 6) is -0.612. The summed E-state index contributed by atoms with van der Waals surface area (Å²) in [6, 6.07) is 11.0. The van der Waals surface area contributed by atoms with Gasteiger partial charge in [0.05, 0.1) is 4.90 Å². The smallest absolute Gasteiger partial charge is 0.235 e. The molecule has 7 nitrogen and oxygen atoms in total. The fraction of sp³-hybridized carbons (Fsp3) is 0.118. The molecule has 0 atom stereocenters. The molecular formula is C17H15ClN4O3S. The van der Waals surface area contributed by atoms with Crippen LogP contribution in [0.3, 0.4) is 0 Å². The lowest BCUT2D eigenvalue weighted by atomic mass is 10.2. The Morgan fingerprint density at radius 1 is 1.15 bits per heavy atom. The minimum Gasteiger partial charge on any atom is -0.351 e. The van der Waals surface area contributed by atoms with E-state index in [1.807, 2.05) is 0 Å². The Balaban J connectivity index is 1.62. The van der Waals surface area contributed by atoms with Crippen molar-refractivity contribution in [3.8, 4) is 5.82 Å². The molecule has 9 heteroatoms. The molecule has 0 unspecified atom stereocenters. The van der Waals surface area contributed by atoms with Crippen molar-refractivity contribution in [1.82, 2.24) is 20.1 Å². The normalized spacial score (nSPS) is 11.3. The van der Waals surface area contributed by atoms with E-state index in [-0.39, 0.29) is 11.4 Å². The van der Waals surface area contributed by atoms with E-state index in [9.17, 15) is 13.2 Å². The minimum absolute atomic E-state index is 0.0573. The fourth-order valence-corrected chi connectivity index (χ4v) is 3.54. The Kier molecular flexibility index (Phi) is 5.34. The highest BCUT2D eigenvalue weighted by Crippen LogP contribution is 2.15. The van der Waals surface area contributed by atoms with Crippen molar-refractivity contribution < 1.29 is 13.2 Å². The fourth-order valence-electron chi connectivity index (χ4n) is 2.25. The quantitative estimate of drug-likeness (QED) is 0.694. The number of hydrogen-bond donors (Lipinski definition) is 1. The summed E-state index contributed by atoms with van der Waals surface area (Å²) in [6.07, 6.45) is 4.99. The van der Waals surface area contributed by atoms with Crippen molar-refractivity contribution in [3.63, 3.8) is 0 Å². The third kappa shape index (κ3) is 4.47. The predicted molar refractivity (Wildman–Crippen MR) is 96.7 cm³/mol. The van der Waals surface area contributed by atoms with Crippen molar-refractivity contribution in [1.29, 1.82) is 0 Å². The van der Waals surface area contributed by atoms with Gasteiger partial charge in [-0.1, -0.05) is 11.6 Å². The number of nitrogens with one attached hydrogen (secondary N) is 1. The van der Waals surface area contributed by atoms with Crippen LogP contribution in [-0.2, 0) is 21.2 Å². The van der Waals surface area contributed by atoms with E-state index >= 15 is 0 Å². The first-order valence-electron chi connectivity index (χ1n) is 7.64. The summed E-state index contributed by atoms with van der Waals surface area (Å²) in [4.78, 5) is 16.3. The highest BCUT2D eigenvalue weighted by molar-refractivity contribution is 7.92. The number of carbonyl (C=O) groups excluding carboxylic acids is 1. The number of sulfone groups is 1. The molecule has 0 radical (unpaired) electrons. The molecule has 0 aliphatic rings. The molecule has 0 saturated carbocycles. The number of pyridine rings is 1. The lowest BCUT2D eigenvalue weighted by molar-refractivity contribution is -0.118. The zero-order valence-corrected chi connectivity index (χ0v) is 15.1. The summed E-state index contributed by atoms with van der Waals surface area (Å²) in [5.41, 5.74) is 0.780. The second-order valence-corrected chi connectivity index (χ2v) is 7.89. The molecule has 134 valence electrons. The number of halogens is 1. The molecule has 0 saturated heterocycles. The van der Waals surface area contributed by atoms with Crippen molar-refractivity contribution in [2.75, 3.05) is 5.75 Å². The van der Waals surface area contributed by atoms with Crippen LogP contribution in [0.15, 0.2) is 66.0 Å². The minimum atomic E-state index is -3.72. The topological polar surface area (TPSA) is 94.0 Å². The van der Waals surface area contributed by atoms with Crippen LogP contribution < -0.4 is 5.32 Å². The lowest BCUT2D eigenvalue weighted by Crippen LogP contribution is -2.30. The van der Waals surface area contributed by atoms with Gasteiger partial charge in [0.1, 0.15) is 5.75 Å². The van der Waals surface area contributed by atoms with E-state index in [1.54, 1.807) is 41.5 Å². The molecule has 1 aromatic carbocycles. The van der Waals surface area contributed by atoms with Crippen LogP contribution in [-0.4, -0.2) is 34.8 Å². The zero-order valence-electron chi connectivity index (χ0n) is 13.5. The van der Waals surface area contributed by atoms with E-state index in [0.29, 0.717) is 10.8 Å². The van der Waals surface area contributed by atoms with Crippen LogP contribution >= 0.6 is 11.6 Å². The van der Waals surface area contributed by atoms with Gasteiger partial charge in [0.15, 0.2) is 15.7 Å².